The van der Waals surface area contributed by atoms with E-state index in [2.05, 4.69) is 13.5 Å². The fraction of sp³-hybridized carbons (Fsp3) is 0.727. The predicted octanol–water partition coefficient (Wildman–Crippen LogP) is 2.29. The largest absolute Gasteiger partial charge is 0.330 e. The summed E-state index contributed by atoms with van der Waals surface area (Å²) in [5, 5.41) is 0. The highest BCUT2D eigenvalue weighted by Gasteiger charge is 2.05. The molecule has 0 fully saturated rings. The van der Waals surface area contributed by atoms with E-state index in [-0.39, 0.29) is 0 Å². The van der Waals surface area contributed by atoms with Crippen LogP contribution >= 0.6 is 0 Å². The summed E-state index contributed by atoms with van der Waals surface area (Å²) in [6.45, 7) is 8.47. The van der Waals surface area contributed by atoms with Gasteiger partial charge in [-0.05, 0) is 32.2 Å². The molecular formula is C11H21NO. The van der Waals surface area contributed by atoms with Gasteiger partial charge in [-0.2, -0.15) is 0 Å². The average Bonchev–Trinajstić information content (AvgIpc) is 2.10. The van der Waals surface area contributed by atoms with Crippen molar-refractivity contribution in [2.24, 2.45) is 11.7 Å². The molecule has 0 aromatic carbocycles. The molecule has 0 saturated heterocycles. The summed E-state index contributed by atoms with van der Waals surface area (Å²) in [7, 11) is 0. The zero-order chi connectivity index (χ0) is 10.3. The summed E-state index contributed by atoms with van der Waals surface area (Å²) >= 11 is 0. The summed E-state index contributed by atoms with van der Waals surface area (Å²) < 4.78 is 0. The molecule has 2 nitrogen and oxygen atoms in total. The van der Waals surface area contributed by atoms with Crippen LogP contribution in [-0.4, -0.2) is 12.3 Å². The van der Waals surface area contributed by atoms with Crippen LogP contribution < -0.4 is 5.73 Å². The maximum absolute atomic E-state index is 11.3. The number of ketones is 1. The lowest BCUT2D eigenvalue weighted by Gasteiger charge is -2.06. The SMILES string of the molecule is C=C(C)CCC(=O)CCC(C)CN. The molecule has 76 valence electrons. The van der Waals surface area contributed by atoms with E-state index < -0.39 is 0 Å². The second-order valence-corrected chi connectivity index (χ2v) is 3.88. The molecule has 0 aliphatic carbocycles. The number of carbonyl (C=O) groups excluding carboxylic acids is 1. The molecule has 0 bridgehead atoms. The van der Waals surface area contributed by atoms with Crippen LogP contribution in [-0.2, 0) is 4.79 Å². The van der Waals surface area contributed by atoms with Crippen molar-refractivity contribution < 1.29 is 4.79 Å². The highest BCUT2D eigenvalue weighted by Crippen LogP contribution is 2.08. The second kappa shape index (κ2) is 6.84. The molecule has 0 aromatic heterocycles. The number of hydrogen-bond donors (Lipinski definition) is 1. The number of rotatable bonds is 7. The van der Waals surface area contributed by atoms with Crippen LogP contribution in [0.4, 0.5) is 0 Å². The van der Waals surface area contributed by atoms with Gasteiger partial charge in [-0.3, -0.25) is 4.79 Å². The number of hydrogen-bond acceptors (Lipinski definition) is 2. The first-order chi connectivity index (χ1) is 6.06. The first kappa shape index (κ1) is 12.4. The number of nitrogens with two attached hydrogens (primary N) is 1. The standard InChI is InChI=1S/C11H21NO/c1-9(2)4-6-11(13)7-5-10(3)8-12/h10H,1,4-8,12H2,2-3H3. The highest BCUT2D eigenvalue weighted by molar-refractivity contribution is 5.78. The van der Waals surface area contributed by atoms with Gasteiger partial charge >= 0.3 is 0 Å². The number of allylic oxidation sites excluding steroid dienone is 1. The third-order valence-corrected chi connectivity index (χ3v) is 2.15. The van der Waals surface area contributed by atoms with Crippen molar-refractivity contribution in [1.82, 2.24) is 0 Å². The first-order valence-corrected chi connectivity index (χ1v) is 4.92. The molecule has 0 radical (unpaired) electrons. The number of Topliss-reactive ketones (excluding diaryl/α,β-unsaturated/α-hetero) is 1. The van der Waals surface area contributed by atoms with E-state index in [4.69, 9.17) is 5.73 Å². The molecule has 2 heteroatoms. The molecule has 1 atom stereocenters. The van der Waals surface area contributed by atoms with Gasteiger partial charge in [-0.15, -0.1) is 6.58 Å². The third kappa shape index (κ3) is 7.72. The smallest absolute Gasteiger partial charge is 0.133 e. The van der Waals surface area contributed by atoms with Crippen molar-refractivity contribution >= 4 is 5.78 Å². The van der Waals surface area contributed by atoms with Crippen molar-refractivity contribution in [1.29, 1.82) is 0 Å². The van der Waals surface area contributed by atoms with Crippen LogP contribution in [0.1, 0.15) is 39.5 Å². The van der Waals surface area contributed by atoms with Gasteiger partial charge in [0, 0.05) is 12.8 Å². The van der Waals surface area contributed by atoms with Gasteiger partial charge in [0.25, 0.3) is 0 Å². The lowest BCUT2D eigenvalue weighted by atomic mass is 10.0. The Morgan fingerprint density at radius 1 is 1.38 bits per heavy atom. The van der Waals surface area contributed by atoms with Crippen molar-refractivity contribution in [2.45, 2.75) is 39.5 Å². The topological polar surface area (TPSA) is 43.1 Å². The van der Waals surface area contributed by atoms with Crippen LogP contribution in [0.5, 0.6) is 0 Å². The summed E-state index contributed by atoms with van der Waals surface area (Å²) in [5.41, 5.74) is 6.54. The van der Waals surface area contributed by atoms with E-state index >= 15 is 0 Å². The lowest BCUT2D eigenvalue weighted by molar-refractivity contribution is -0.119. The zero-order valence-corrected chi connectivity index (χ0v) is 8.81. The van der Waals surface area contributed by atoms with Crippen molar-refractivity contribution in [2.75, 3.05) is 6.54 Å². The Balaban J connectivity index is 3.46. The highest BCUT2D eigenvalue weighted by atomic mass is 16.1. The van der Waals surface area contributed by atoms with Crippen LogP contribution in [0.25, 0.3) is 0 Å². The van der Waals surface area contributed by atoms with Crippen molar-refractivity contribution in [3.8, 4) is 0 Å². The molecule has 0 aliphatic rings. The van der Waals surface area contributed by atoms with E-state index in [0.29, 0.717) is 31.1 Å². The van der Waals surface area contributed by atoms with Crippen molar-refractivity contribution in [3.05, 3.63) is 12.2 Å². The summed E-state index contributed by atoms with van der Waals surface area (Å²) in [6.07, 6.45) is 3.07. The Kier molecular flexibility index (Phi) is 6.51. The average molecular weight is 183 g/mol. The Hall–Kier alpha value is -0.630. The minimum absolute atomic E-state index is 0.336. The molecule has 13 heavy (non-hydrogen) atoms. The maximum atomic E-state index is 11.3. The van der Waals surface area contributed by atoms with Gasteiger partial charge in [-0.1, -0.05) is 12.5 Å². The predicted molar refractivity (Wildman–Crippen MR) is 56.5 cm³/mol. The lowest BCUT2D eigenvalue weighted by Crippen LogP contribution is -2.12. The second-order valence-electron chi connectivity index (χ2n) is 3.88. The maximum Gasteiger partial charge on any atom is 0.133 e. The van der Waals surface area contributed by atoms with Crippen LogP contribution in [0, 0.1) is 5.92 Å². The van der Waals surface area contributed by atoms with Gasteiger partial charge in [0.15, 0.2) is 0 Å². The third-order valence-electron chi connectivity index (χ3n) is 2.15. The van der Waals surface area contributed by atoms with E-state index in [1.54, 1.807) is 0 Å². The Morgan fingerprint density at radius 3 is 2.46 bits per heavy atom. The fourth-order valence-corrected chi connectivity index (χ4v) is 1.00. The van der Waals surface area contributed by atoms with Crippen LogP contribution in [0.2, 0.25) is 0 Å². The normalized spacial score (nSPS) is 12.5. The Bertz CT molecular complexity index is 175. The zero-order valence-electron chi connectivity index (χ0n) is 8.81. The summed E-state index contributed by atoms with van der Waals surface area (Å²) in [4.78, 5) is 11.3. The monoisotopic (exact) mass is 183 g/mol. The molecule has 0 rings (SSSR count). The van der Waals surface area contributed by atoms with E-state index in [1.807, 2.05) is 6.92 Å². The van der Waals surface area contributed by atoms with Gasteiger partial charge in [-0.25, -0.2) is 0 Å². The summed E-state index contributed by atoms with van der Waals surface area (Å²) in [5.74, 6) is 0.803. The quantitative estimate of drug-likeness (QED) is 0.615. The van der Waals surface area contributed by atoms with E-state index in [1.165, 1.54) is 0 Å². The molecule has 0 aliphatic heterocycles. The van der Waals surface area contributed by atoms with Gasteiger partial charge in [0.1, 0.15) is 5.78 Å². The Morgan fingerprint density at radius 2 is 2.00 bits per heavy atom. The summed E-state index contributed by atoms with van der Waals surface area (Å²) in [6, 6.07) is 0. The van der Waals surface area contributed by atoms with Crippen LogP contribution in [0.3, 0.4) is 0 Å². The van der Waals surface area contributed by atoms with Crippen LogP contribution in [0.15, 0.2) is 12.2 Å². The minimum Gasteiger partial charge on any atom is -0.330 e. The minimum atomic E-state index is 0.336. The number of carbonyl (C=O) groups is 1. The Labute approximate surface area is 81.2 Å². The van der Waals surface area contributed by atoms with E-state index in [9.17, 15) is 4.79 Å². The molecule has 0 heterocycles. The molecular weight excluding hydrogens is 162 g/mol. The van der Waals surface area contributed by atoms with E-state index in [0.717, 1.165) is 18.4 Å². The molecule has 0 aromatic rings. The molecule has 0 saturated carbocycles. The molecule has 2 N–H and O–H groups in total. The van der Waals surface area contributed by atoms with Gasteiger partial charge in [0.05, 0.1) is 0 Å². The molecule has 0 amide bonds. The molecule has 1 unspecified atom stereocenters. The van der Waals surface area contributed by atoms with Gasteiger partial charge in [0.2, 0.25) is 0 Å². The first-order valence-electron chi connectivity index (χ1n) is 4.92. The van der Waals surface area contributed by atoms with Gasteiger partial charge < -0.3 is 5.73 Å². The van der Waals surface area contributed by atoms with Crippen molar-refractivity contribution in [3.63, 3.8) is 0 Å². The fourth-order valence-electron chi connectivity index (χ4n) is 1.00. The molecule has 0 spiro atoms.